The highest BCUT2D eigenvalue weighted by molar-refractivity contribution is 5.69. The molecule has 0 saturated carbocycles. The number of ether oxygens (including phenoxy) is 2. The van der Waals surface area contributed by atoms with Gasteiger partial charge >= 0.3 is 6.09 Å². The smallest absolute Gasteiger partial charge is 0.410 e. The Kier molecular flexibility index (Phi) is 5.11. The van der Waals surface area contributed by atoms with Gasteiger partial charge in [0, 0.05) is 25.0 Å². The SMILES string of the molecule is CCOc1nccnc1-c1cc([C@@H]2CCCN2C(=O)OC(C)(C)C)on1. The van der Waals surface area contributed by atoms with Gasteiger partial charge in [-0.3, -0.25) is 4.90 Å². The van der Waals surface area contributed by atoms with Crippen molar-refractivity contribution in [3.8, 4) is 17.3 Å². The molecule has 0 radical (unpaired) electrons. The van der Waals surface area contributed by atoms with Crippen molar-refractivity contribution < 1.29 is 18.8 Å². The molecule has 0 bridgehead atoms. The Balaban J connectivity index is 1.82. The van der Waals surface area contributed by atoms with Crippen LogP contribution >= 0.6 is 0 Å². The average Bonchev–Trinajstić information content (AvgIpc) is 3.23. The fourth-order valence-electron chi connectivity index (χ4n) is 2.90. The van der Waals surface area contributed by atoms with Gasteiger partial charge in [-0.1, -0.05) is 5.16 Å². The van der Waals surface area contributed by atoms with Crippen molar-refractivity contribution in [1.82, 2.24) is 20.0 Å². The first-order valence-electron chi connectivity index (χ1n) is 8.79. The van der Waals surface area contributed by atoms with Crippen LogP contribution in [0, 0.1) is 0 Å². The monoisotopic (exact) mass is 360 g/mol. The highest BCUT2D eigenvalue weighted by Gasteiger charge is 2.35. The minimum Gasteiger partial charge on any atom is -0.476 e. The van der Waals surface area contributed by atoms with Crippen molar-refractivity contribution in [2.24, 2.45) is 0 Å². The number of amides is 1. The molecule has 1 fully saturated rings. The fraction of sp³-hybridized carbons (Fsp3) is 0.556. The number of rotatable bonds is 4. The van der Waals surface area contributed by atoms with Crippen molar-refractivity contribution in [1.29, 1.82) is 0 Å². The van der Waals surface area contributed by atoms with Gasteiger partial charge in [-0.2, -0.15) is 0 Å². The largest absolute Gasteiger partial charge is 0.476 e. The molecule has 0 aliphatic carbocycles. The van der Waals surface area contributed by atoms with E-state index in [1.165, 1.54) is 0 Å². The van der Waals surface area contributed by atoms with Gasteiger partial charge in [-0.25, -0.2) is 14.8 Å². The minimum absolute atomic E-state index is 0.196. The van der Waals surface area contributed by atoms with E-state index in [0.717, 1.165) is 12.8 Å². The third-order valence-corrected chi connectivity index (χ3v) is 3.93. The second kappa shape index (κ2) is 7.31. The Morgan fingerprint density at radius 1 is 1.35 bits per heavy atom. The van der Waals surface area contributed by atoms with E-state index in [0.29, 0.717) is 36.2 Å². The van der Waals surface area contributed by atoms with E-state index in [1.807, 2.05) is 27.7 Å². The summed E-state index contributed by atoms with van der Waals surface area (Å²) in [5.41, 5.74) is 0.516. The summed E-state index contributed by atoms with van der Waals surface area (Å²) in [6, 6.07) is 1.60. The first kappa shape index (κ1) is 18.2. The van der Waals surface area contributed by atoms with Gasteiger partial charge in [0.15, 0.2) is 11.5 Å². The Labute approximate surface area is 152 Å². The highest BCUT2D eigenvalue weighted by Crippen LogP contribution is 2.35. The van der Waals surface area contributed by atoms with Gasteiger partial charge in [-0.15, -0.1) is 0 Å². The van der Waals surface area contributed by atoms with Gasteiger partial charge in [0.1, 0.15) is 11.3 Å². The minimum atomic E-state index is -0.539. The van der Waals surface area contributed by atoms with E-state index in [4.69, 9.17) is 14.0 Å². The zero-order chi connectivity index (χ0) is 18.7. The van der Waals surface area contributed by atoms with Crippen molar-refractivity contribution in [3.05, 3.63) is 24.2 Å². The normalized spacial score (nSPS) is 17.4. The van der Waals surface area contributed by atoms with Gasteiger partial charge < -0.3 is 14.0 Å². The molecular weight excluding hydrogens is 336 g/mol. The predicted molar refractivity (Wildman–Crippen MR) is 93.6 cm³/mol. The summed E-state index contributed by atoms with van der Waals surface area (Å²) in [7, 11) is 0. The maximum absolute atomic E-state index is 12.5. The van der Waals surface area contributed by atoms with Crippen molar-refractivity contribution in [2.75, 3.05) is 13.2 Å². The molecule has 0 N–H and O–H groups in total. The van der Waals surface area contributed by atoms with Crippen LogP contribution in [0.25, 0.3) is 11.4 Å². The lowest BCUT2D eigenvalue weighted by molar-refractivity contribution is 0.0204. The molecular formula is C18H24N4O4. The molecule has 1 aliphatic heterocycles. The Morgan fingerprint density at radius 3 is 2.85 bits per heavy atom. The van der Waals surface area contributed by atoms with Gasteiger partial charge in [0.2, 0.25) is 5.88 Å². The molecule has 0 unspecified atom stereocenters. The van der Waals surface area contributed by atoms with Crippen LogP contribution in [0.2, 0.25) is 0 Å². The zero-order valence-electron chi connectivity index (χ0n) is 15.6. The van der Waals surface area contributed by atoms with Gasteiger partial charge in [-0.05, 0) is 40.5 Å². The first-order valence-corrected chi connectivity index (χ1v) is 8.79. The van der Waals surface area contributed by atoms with E-state index in [1.54, 1.807) is 23.4 Å². The molecule has 0 spiro atoms. The fourth-order valence-corrected chi connectivity index (χ4v) is 2.90. The quantitative estimate of drug-likeness (QED) is 0.822. The van der Waals surface area contributed by atoms with Gasteiger partial charge in [0.25, 0.3) is 0 Å². The number of hydrogen-bond donors (Lipinski definition) is 0. The molecule has 2 aromatic heterocycles. The molecule has 2 aromatic rings. The summed E-state index contributed by atoms with van der Waals surface area (Å²) < 4.78 is 16.5. The highest BCUT2D eigenvalue weighted by atomic mass is 16.6. The lowest BCUT2D eigenvalue weighted by atomic mass is 10.1. The molecule has 8 heteroatoms. The van der Waals surface area contributed by atoms with Crippen molar-refractivity contribution >= 4 is 6.09 Å². The van der Waals surface area contributed by atoms with Crippen LogP contribution in [-0.4, -0.2) is 44.9 Å². The van der Waals surface area contributed by atoms with E-state index in [-0.39, 0.29) is 12.1 Å². The number of nitrogens with zero attached hydrogens (tertiary/aromatic N) is 4. The molecule has 1 aliphatic rings. The average molecular weight is 360 g/mol. The standard InChI is InChI=1S/C18H24N4O4/c1-5-24-16-15(19-8-9-20-16)12-11-14(26-21-12)13-7-6-10-22(13)17(23)25-18(2,3)4/h8-9,11,13H,5-7,10H2,1-4H3/t13-/m0/s1. The summed E-state index contributed by atoms with van der Waals surface area (Å²) in [6.07, 6.45) is 4.49. The Bertz CT molecular complexity index is 769. The van der Waals surface area contributed by atoms with E-state index in [2.05, 4.69) is 15.1 Å². The summed E-state index contributed by atoms with van der Waals surface area (Å²) in [6.45, 7) is 8.55. The van der Waals surface area contributed by atoms with E-state index in [9.17, 15) is 4.79 Å². The number of carbonyl (C=O) groups is 1. The molecule has 8 nitrogen and oxygen atoms in total. The number of carbonyl (C=O) groups excluding carboxylic acids is 1. The number of hydrogen-bond acceptors (Lipinski definition) is 7. The Morgan fingerprint density at radius 2 is 2.12 bits per heavy atom. The predicted octanol–water partition coefficient (Wildman–Crippen LogP) is 3.60. The molecule has 1 saturated heterocycles. The van der Waals surface area contributed by atoms with Crippen LogP contribution in [0.15, 0.2) is 23.0 Å². The van der Waals surface area contributed by atoms with Gasteiger partial charge in [0.05, 0.1) is 12.6 Å². The third-order valence-electron chi connectivity index (χ3n) is 3.93. The van der Waals surface area contributed by atoms with Crippen LogP contribution in [0.3, 0.4) is 0 Å². The van der Waals surface area contributed by atoms with Crippen molar-refractivity contribution in [2.45, 2.75) is 52.2 Å². The van der Waals surface area contributed by atoms with E-state index >= 15 is 0 Å². The third kappa shape index (κ3) is 3.95. The summed E-state index contributed by atoms with van der Waals surface area (Å²) in [4.78, 5) is 22.6. The molecule has 1 amide bonds. The molecule has 0 aromatic carbocycles. The molecule has 3 rings (SSSR count). The topological polar surface area (TPSA) is 90.6 Å². The molecule has 3 heterocycles. The van der Waals surface area contributed by atoms with E-state index < -0.39 is 5.60 Å². The zero-order valence-corrected chi connectivity index (χ0v) is 15.6. The van der Waals surface area contributed by atoms with Crippen LogP contribution in [0.4, 0.5) is 4.79 Å². The maximum atomic E-state index is 12.5. The second-order valence-corrected chi connectivity index (χ2v) is 7.09. The van der Waals surface area contributed by atoms with Crippen LogP contribution < -0.4 is 4.74 Å². The lowest BCUT2D eigenvalue weighted by Gasteiger charge is -2.27. The van der Waals surface area contributed by atoms with Crippen molar-refractivity contribution in [3.63, 3.8) is 0 Å². The van der Waals surface area contributed by atoms with Crippen LogP contribution in [0.1, 0.15) is 52.3 Å². The molecule has 26 heavy (non-hydrogen) atoms. The van der Waals surface area contributed by atoms with Crippen LogP contribution in [0.5, 0.6) is 5.88 Å². The first-order chi connectivity index (χ1) is 12.4. The second-order valence-electron chi connectivity index (χ2n) is 7.09. The molecule has 140 valence electrons. The summed E-state index contributed by atoms with van der Waals surface area (Å²) >= 11 is 0. The molecule has 1 atom stereocenters. The van der Waals surface area contributed by atoms with Crippen LogP contribution in [-0.2, 0) is 4.74 Å². The summed E-state index contributed by atoms with van der Waals surface area (Å²) in [5, 5.41) is 4.11. The lowest BCUT2D eigenvalue weighted by Crippen LogP contribution is -2.36. The number of aromatic nitrogens is 3. The summed E-state index contributed by atoms with van der Waals surface area (Å²) in [5.74, 6) is 1.02. The Hall–Kier alpha value is -2.64. The number of likely N-dealkylation sites (tertiary alicyclic amines) is 1. The maximum Gasteiger partial charge on any atom is 0.410 e.